The van der Waals surface area contributed by atoms with Gasteiger partial charge in [-0.25, -0.2) is 4.98 Å². The van der Waals surface area contributed by atoms with Crippen molar-refractivity contribution < 1.29 is 0 Å². The minimum absolute atomic E-state index is 0.788. The quantitative estimate of drug-likeness (QED) is 0.787. The van der Waals surface area contributed by atoms with Crippen molar-refractivity contribution in [1.82, 2.24) is 14.9 Å². The molecule has 0 atom stereocenters. The van der Waals surface area contributed by atoms with Gasteiger partial charge in [-0.3, -0.25) is 0 Å². The molecule has 102 valence electrons. The van der Waals surface area contributed by atoms with Gasteiger partial charge in [-0.15, -0.1) is 0 Å². The second-order valence-electron chi connectivity index (χ2n) is 4.55. The van der Waals surface area contributed by atoms with Gasteiger partial charge in [-0.2, -0.15) is 0 Å². The fourth-order valence-corrected chi connectivity index (χ4v) is 2.19. The van der Waals surface area contributed by atoms with E-state index in [0.29, 0.717) is 0 Å². The molecule has 0 aliphatic carbocycles. The van der Waals surface area contributed by atoms with E-state index in [9.17, 15) is 0 Å². The molecule has 0 saturated carbocycles. The van der Waals surface area contributed by atoms with Crippen molar-refractivity contribution in [2.75, 3.05) is 6.54 Å². The van der Waals surface area contributed by atoms with E-state index in [1.807, 2.05) is 18.3 Å². The van der Waals surface area contributed by atoms with Gasteiger partial charge in [0.1, 0.15) is 5.82 Å². The lowest BCUT2D eigenvalue weighted by Crippen LogP contribution is -2.16. The van der Waals surface area contributed by atoms with Crippen LogP contribution < -0.4 is 5.32 Å². The lowest BCUT2D eigenvalue weighted by atomic mass is 10.2. The third kappa shape index (κ3) is 4.37. The molecule has 0 fully saturated rings. The first-order chi connectivity index (χ1) is 9.29. The molecule has 0 saturated heterocycles. The second-order valence-corrected chi connectivity index (χ2v) is 4.98. The van der Waals surface area contributed by atoms with Crippen LogP contribution >= 0.6 is 11.6 Å². The van der Waals surface area contributed by atoms with E-state index >= 15 is 0 Å². The van der Waals surface area contributed by atoms with Gasteiger partial charge in [0.15, 0.2) is 0 Å². The van der Waals surface area contributed by atoms with Gasteiger partial charge in [0.25, 0.3) is 0 Å². The maximum absolute atomic E-state index is 5.85. The summed E-state index contributed by atoms with van der Waals surface area (Å²) in [6, 6.07) is 7.97. The number of nitrogens with one attached hydrogen (secondary N) is 1. The zero-order valence-corrected chi connectivity index (χ0v) is 12.0. The molecule has 3 nitrogen and oxygen atoms in total. The third-order valence-corrected chi connectivity index (χ3v) is 3.36. The lowest BCUT2D eigenvalue weighted by molar-refractivity contribution is 0.567. The van der Waals surface area contributed by atoms with E-state index in [-0.39, 0.29) is 0 Å². The van der Waals surface area contributed by atoms with Crippen LogP contribution in [0.3, 0.4) is 0 Å². The van der Waals surface area contributed by atoms with E-state index in [0.717, 1.165) is 43.3 Å². The first-order valence-corrected chi connectivity index (χ1v) is 7.12. The summed E-state index contributed by atoms with van der Waals surface area (Å²) in [7, 11) is 0. The summed E-state index contributed by atoms with van der Waals surface area (Å²) in [5.74, 6) is 1.16. The van der Waals surface area contributed by atoms with Crippen LogP contribution in [0.2, 0.25) is 5.02 Å². The highest BCUT2D eigenvalue weighted by Crippen LogP contribution is 2.09. The van der Waals surface area contributed by atoms with Crippen LogP contribution in [0.4, 0.5) is 0 Å². The minimum Gasteiger partial charge on any atom is -0.335 e. The van der Waals surface area contributed by atoms with Crippen molar-refractivity contribution in [2.45, 2.75) is 32.9 Å². The normalized spacial score (nSPS) is 10.8. The van der Waals surface area contributed by atoms with Gasteiger partial charge in [-0.1, -0.05) is 30.7 Å². The molecule has 0 unspecified atom stereocenters. The molecule has 2 aromatic rings. The number of aromatic nitrogens is 2. The maximum Gasteiger partial charge on any atom is 0.108 e. The summed E-state index contributed by atoms with van der Waals surface area (Å²) in [5, 5.41) is 4.23. The number of halogens is 1. The number of imidazole rings is 1. The zero-order valence-electron chi connectivity index (χ0n) is 11.3. The first-order valence-electron chi connectivity index (χ1n) is 6.74. The largest absolute Gasteiger partial charge is 0.335 e. The Bertz CT molecular complexity index is 490. The highest BCUT2D eigenvalue weighted by atomic mass is 35.5. The van der Waals surface area contributed by atoms with Crippen LogP contribution in [0.5, 0.6) is 0 Å². The Morgan fingerprint density at radius 2 is 2.05 bits per heavy atom. The lowest BCUT2D eigenvalue weighted by Gasteiger charge is -2.08. The summed E-state index contributed by atoms with van der Waals surface area (Å²) in [6.07, 6.45) is 6.03. The SMILES string of the molecule is CCc1nccn1CCCNCc1ccc(Cl)cc1. The number of nitrogens with zero attached hydrogens (tertiary/aromatic N) is 2. The van der Waals surface area contributed by atoms with Crippen molar-refractivity contribution in [3.05, 3.63) is 53.1 Å². The molecule has 0 aliphatic rings. The van der Waals surface area contributed by atoms with Crippen molar-refractivity contribution in [3.8, 4) is 0 Å². The molecule has 1 heterocycles. The summed E-state index contributed by atoms with van der Waals surface area (Å²) in [5.41, 5.74) is 1.27. The molecule has 19 heavy (non-hydrogen) atoms. The van der Waals surface area contributed by atoms with Crippen molar-refractivity contribution in [1.29, 1.82) is 0 Å². The van der Waals surface area contributed by atoms with Crippen molar-refractivity contribution in [3.63, 3.8) is 0 Å². The number of benzene rings is 1. The highest BCUT2D eigenvalue weighted by Gasteiger charge is 1.99. The van der Waals surface area contributed by atoms with Crippen molar-refractivity contribution in [2.24, 2.45) is 0 Å². The topological polar surface area (TPSA) is 29.9 Å². The minimum atomic E-state index is 0.788. The molecule has 2 rings (SSSR count). The zero-order chi connectivity index (χ0) is 13.5. The van der Waals surface area contributed by atoms with Gasteiger partial charge in [0.05, 0.1) is 0 Å². The maximum atomic E-state index is 5.85. The predicted molar refractivity (Wildman–Crippen MR) is 79.4 cm³/mol. The van der Waals surface area contributed by atoms with Gasteiger partial charge >= 0.3 is 0 Å². The monoisotopic (exact) mass is 277 g/mol. The van der Waals surface area contributed by atoms with Gasteiger partial charge in [0.2, 0.25) is 0 Å². The van der Waals surface area contributed by atoms with Gasteiger partial charge in [-0.05, 0) is 30.7 Å². The average Bonchev–Trinajstić information content (AvgIpc) is 2.88. The van der Waals surface area contributed by atoms with Gasteiger partial charge < -0.3 is 9.88 Å². The average molecular weight is 278 g/mol. The molecule has 1 N–H and O–H groups in total. The number of aryl methyl sites for hydroxylation is 2. The molecular formula is C15H20ClN3. The van der Waals surface area contributed by atoms with E-state index in [2.05, 4.69) is 40.1 Å². The molecule has 0 radical (unpaired) electrons. The summed E-state index contributed by atoms with van der Waals surface area (Å²) < 4.78 is 2.23. The van der Waals surface area contributed by atoms with E-state index in [4.69, 9.17) is 11.6 Å². The molecule has 0 spiro atoms. The Balaban J connectivity index is 1.66. The van der Waals surface area contributed by atoms with E-state index in [1.165, 1.54) is 5.56 Å². The first kappa shape index (κ1) is 14.1. The van der Waals surface area contributed by atoms with Crippen molar-refractivity contribution >= 4 is 11.6 Å². The smallest absolute Gasteiger partial charge is 0.108 e. The van der Waals surface area contributed by atoms with E-state index < -0.39 is 0 Å². The highest BCUT2D eigenvalue weighted by molar-refractivity contribution is 6.30. The fourth-order valence-electron chi connectivity index (χ4n) is 2.07. The number of hydrogen-bond donors (Lipinski definition) is 1. The second kappa shape index (κ2) is 7.31. The fraction of sp³-hybridized carbons (Fsp3) is 0.400. The Labute approximate surface area is 119 Å². The summed E-state index contributed by atoms with van der Waals surface area (Å²) in [4.78, 5) is 4.32. The summed E-state index contributed by atoms with van der Waals surface area (Å²) >= 11 is 5.85. The van der Waals surface area contributed by atoms with Crippen LogP contribution in [0.1, 0.15) is 24.7 Å². The van der Waals surface area contributed by atoms with Crippen LogP contribution in [0.25, 0.3) is 0 Å². The molecule has 1 aromatic carbocycles. The van der Waals surface area contributed by atoms with Crippen LogP contribution in [-0.4, -0.2) is 16.1 Å². The summed E-state index contributed by atoms with van der Waals surface area (Å²) in [6.45, 7) is 5.06. The standard InChI is InChI=1S/C15H20ClN3/c1-2-15-18-9-11-19(15)10-3-8-17-12-13-4-6-14(16)7-5-13/h4-7,9,11,17H,2-3,8,10,12H2,1H3. The predicted octanol–water partition coefficient (Wildman–Crippen LogP) is 3.28. The molecule has 4 heteroatoms. The molecule has 0 bridgehead atoms. The molecule has 0 amide bonds. The Hall–Kier alpha value is -1.32. The Morgan fingerprint density at radius 1 is 1.26 bits per heavy atom. The molecular weight excluding hydrogens is 258 g/mol. The third-order valence-electron chi connectivity index (χ3n) is 3.11. The number of hydrogen-bond acceptors (Lipinski definition) is 2. The van der Waals surface area contributed by atoms with Gasteiger partial charge in [0, 0.05) is 36.9 Å². The Morgan fingerprint density at radius 3 is 2.79 bits per heavy atom. The van der Waals surface area contributed by atoms with Crippen LogP contribution in [0.15, 0.2) is 36.7 Å². The van der Waals surface area contributed by atoms with Crippen LogP contribution in [0, 0.1) is 0 Å². The Kier molecular flexibility index (Phi) is 5.43. The molecule has 1 aromatic heterocycles. The van der Waals surface area contributed by atoms with Crippen LogP contribution in [-0.2, 0) is 19.5 Å². The van der Waals surface area contributed by atoms with E-state index in [1.54, 1.807) is 0 Å². The molecule has 0 aliphatic heterocycles. The number of rotatable bonds is 7.